The van der Waals surface area contributed by atoms with Crippen LogP contribution < -0.4 is 10.7 Å². The second kappa shape index (κ2) is 8.73. The van der Waals surface area contributed by atoms with Gasteiger partial charge in [0.25, 0.3) is 11.8 Å². The number of nitrogens with zero attached hydrogens (tertiary/aromatic N) is 2. The molecule has 0 aliphatic heterocycles. The summed E-state index contributed by atoms with van der Waals surface area (Å²) in [4.78, 5) is 28.5. The van der Waals surface area contributed by atoms with Crippen LogP contribution in [0.15, 0.2) is 78.0 Å². The summed E-state index contributed by atoms with van der Waals surface area (Å²) in [5.74, 6) is -0.692. The van der Waals surface area contributed by atoms with Crippen molar-refractivity contribution in [3.8, 4) is 0 Å². The van der Waals surface area contributed by atoms with E-state index < -0.39 is 5.91 Å². The molecule has 1 aromatic heterocycles. The number of anilines is 1. The Morgan fingerprint density at radius 2 is 1.74 bits per heavy atom. The highest BCUT2D eigenvalue weighted by Gasteiger charge is 2.09. The minimum Gasteiger partial charge on any atom is -0.322 e. The van der Waals surface area contributed by atoms with Gasteiger partial charge in [0.05, 0.1) is 11.9 Å². The fraction of sp³-hybridized carbons (Fsp3) is 0. The fourth-order valence-electron chi connectivity index (χ4n) is 2.22. The van der Waals surface area contributed by atoms with E-state index in [0.29, 0.717) is 27.5 Å². The lowest BCUT2D eigenvalue weighted by atomic mass is 10.1. The second-order valence-electron chi connectivity index (χ2n) is 5.50. The maximum absolute atomic E-state index is 12.3. The number of rotatable bonds is 5. The van der Waals surface area contributed by atoms with E-state index in [1.54, 1.807) is 66.9 Å². The summed E-state index contributed by atoms with van der Waals surface area (Å²) >= 11 is 5.82. The Morgan fingerprint density at radius 3 is 2.48 bits per heavy atom. The number of halogens is 1. The molecule has 6 nitrogen and oxygen atoms in total. The van der Waals surface area contributed by atoms with Gasteiger partial charge < -0.3 is 5.32 Å². The van der Waals surface area contributed by atoms with Crippen LogP contribution in [0.5, 0.6) is 0 Å². The van der Waals surface area contributed by atoms with E-state index >= 15 is 0 Å². The Bertz CT molecular complexity index is 973. The predicted octanol–water partition coefficient (Wildman–Crippen LogP) is 3.75. The van der Waals surface area contributed by atoms with Gasteiger partial charge in [-0.3, -0.25) is 14.6 Å². The van der Waals surface area contributed by atoms with Crippen molar-refractivity contribution in [3.05, 3.63) is 94.8 Å². The van der Waals surface area contributed by atoms with Gasteiger partial charge >= 0.3 is 0 Å². The molecule has 0 fully saturated rings. The number of benzene rings is 2. The zero-order valence-electron chi connectivity index (χ0n) is 14.1. The number of carbonyl (C=O) groups is 2. The van der Waals surface area contributed by atoms with Gasteiger partial charge in [0, 0.05) is 28.0 Å². The number of nitrogens with one attached hydrogen (secondary N) is 2. The largest absolute Gasteiger partial charge is 0.322 e. The highest BCUT2D eigenvalue weighted by Crippen LogP contribution is 2.14. The van der Waals surface area contributed by atoms with Crippen LogP contribution in [-0.4, -0.2) is 23.0 Å². The number of hydrogen-bond donors (Lipinski definition) is 2. The summed E-state index contributed by atoms with van der Waals surface area (Å²) in [6.45, 7) is 0. The van der Waals surface area contributed by atoms with E-state index in [2.05, 4.69) is 20.8 Å². The van der Waals surface area contributed by atoms with Gasteiger partial charge in [-0.2, -0.15) is 5.10 Å². The Kier molecular flexibility index (Phi) is 5.91. The summed E-state index contributed by atoms with van der Waals surface area (Å²) in [5, 5.41) is 7.17. The van der Waals surface area contributed by atoms with Crippen molar-refractivity contribution in [2.24, 2.45) is 5.10 Å². The first-order valence-electron chi connectivity index (χ1n) is 8.03. The summed E-state index contributed by atoms with van der Waals surface area (Å²) in [6.07, 6.45) is 3.08. The van der Waals surface area contributed by atoms with Crippen LogP contribution in [0.1, 0.15) is 26.4 Å². The molecule has 27 heavy (non-hydrogen) atoms. The fourth-order valence-corrected chi connectivity index (χ4v) is 2.34. The molecule has 2 amide bonds. The van der Waals surface area contributed by atoms with Gasteiger partial charge in [-0.15, -0.1) is 0 Å². The first-order chi connectivity index (χ1) is 13.1. The lowest BCUT2D eigenvalue weighted by Crippen LogP contribution is -2.18. The highest BCUT2D eigenvalue weighted by molar-refractivity contribution is 6.30. The first-order valence-corrected chi connectivity index (χ1v) is 8.41. The second-order valence-corrected chi connectivity index (χ2v) is 5.93. The van der Waals surface area contributed by atoms with Gasteiger partial charge in [-0.25, -0.2) is 5.43 Å². The van der Waals surface area contributed by atoms with Crippen molar-refractivity contribution in [2.45, 2.75) is 0 Å². The average Bonchev–Trinajstić information content (AvgIpc) is 2.69. The molecule has 3 rings (SSSR count). The van der Waals surface area contributed by atoms with Crippen LogP contribution >= 0.6 is 11.6 Å². The molecule has 3 aromatic rings. The molecule has 0 aliphatic carbocycles. The topological polar surface area (TPSA) is 83.4 Å². The number of aromatic nitrogens is 1. The molecule has 1 heterocycles. The van der Waals surface area contributed by atoms with E-state index in [-0.39, 0.29) is 5.91 Å². The lowest BCUT2D eigenvalue weighted by molar-refractivity contribution is 0.0953. The molecule has 0 spiro atoms. The molecule has 0 atom stereocenters. The maximum atomic E-state index is 12.3. The summed E-state index contributed by atoms with van der Waals surface area (Å²) in [7, 11) is 0. The van der Waals surface area contributed by atoms with Crippen LogP contribution in [-0.2, 0) is 0 Å². The summed E-state index contributed by atoms with van der Waals surface area (Å²) in [5.41, 5.74) is 4.38. The number of carbonyl (C=O) groups excluding carboxylic acids is 2. The molecule has 0 unspecified atom stereocenters. The van der Waals surface area contributed by atoms with Crippen LogP contribution in [0.2, 0.25) is 5.02 Å². The first kappa shape index (κ1) is 18.3. The Labute approximate surface area is 160 Å². The molecule has 2 aromatic carbocycles. The number of amides is 2. The Morgan fingerprint density at radius 1 is 0.926 bits per heavy atom. The molecule has 0 saturated heterocycles. The van der Waals surface area contributed by atoms with Gasteiger partial charge in [-0.05, 0) is 54.6 Å². The minimum absolute atomic E-state index is 0.294. The molecule has 134 valence electrons. The molecule has 0 bridgehead atoms. The van der Waals surface area contributed by atoms with Crippen molar-refractivity contribution in [3.63, 3.8) is 0 Å². The molecule has 7 heteroatoms. The van der Waals surface area contributed by atoms with E-state index in [1.807, 2.05) is 6.07 Å². The van der Waals surface area contributed by atoms with Crippen molar-refractivity contribution in [2.75, 3.05) is 5.32 Å². The summed E-state index contributed by atoms with van der Waals surface area (Å²) in [6, 6.07) is 18.5. The smallest absolute Gasteiger partial charge is 0.271 e. The average molecular weight is 379 g/mol. The van der Waals surface area contributed by atoms with E-state index in [0.717, 1.165) is 0 Å². The third-order valence-electron chi connectivity index (χ3n) is 3.54. The third kappa shape index (κ3) is 5.23. The number of hydrogen-bond acceptors (Lipinski definition) is 4. The monoisotopic (exact) mass is 378 g/mol. The van der Waals surface area contributed by atoms with Crippen LogP contribution in [0.25, 0.3) is 0 Å². The van der Waals surface area contributed by atoms with Gasteiger partial charge in [0.1, 0.15) is 0 Å². The number of pyridine rings is 1. The van der Waals surface area contributed by atoms with Gasteiger partial charge in [0.2, 0.25) is 0 Å². The van der Waals surface area contributed by atoms with E-state index in [4.69, 9.17) is 11.6 Å². The standard InChI is InChI=1S/C20H15ClN4O2/c21-16-9-7-14(8-10-16)19(26)24-17-6-3-4-15(12-17)20(27)25-23-13-18-5-1-2-11-22-18/h1-13H,(H,24,26)(H,25,27)/b23-13-. The highest BCUT2D eigenvalue weighted by atomic mass is 35.5. The third-order valence-corrected chi connectivity index (χ3v) is 3.79. The van der Waals surface area contributed by atoms with Gasteiger partial charge in [0.15, 0.2) is 0 Å². The molecule has 0 saturated carbocycles. The van der Waals surface area contributed by atoms with Crippen molar-refractivity contribution >= 4 is 35.3 Å². The zero-order valence-corrected chi connectivity index (χ0v) is 14.9. The zero-order chi connectivity index (χ0) is 19.1. The normalized spacial score (nSPS) is 10.6. The predicted molar refractivity (Wildman–Crippen MR) is 105 cm³/mol. The van der Waals surface area contributed by atoms with Crippen LogP contribution in [0.3, 0.4) is 0 Å². The maximum Gasteiger partial charge on any atom is 0.271 e. The number of hydrazone groups is 1. The van der Waals surface area contributed by atoms with Gasteiger partial charge in [-0.1, -0.05) is 23.7 Å². The molecular weight excluding hydrogens is 364 g/mol. The molecule has 2 N–H and O–H groups in total. The van der Waals surface area contributed by atoms with Crippen molar-refractivity contribution in [1.82, 2.24) is 10.4 Å². The Hall–Kier alpha value is -3.51. The SMILES string of the molecule is O=C(N/N=C\c1ccccn1)c1cccc(NC(=O)c2ccc(Cl)cc2)c1. The molecular formula is C20H15ClN4O2. The summed E-state index contributed by atoms with van der Waals surface area (Å²) < 4.78 is 0. The Balaban J connectivity index is 1.64. The lowest BCUT2D eigenvalue weighted by Gasteiger charge is -2.07. The van der Waals surface area contributed by atoms with E-state index in [1.165, 1.54) is 6.21 Å². The van der Waals surface area contributed by atoms with Crippen LogP contribution in [0.4, 0.5) is 5.69 Å². The van der Waals surface area contributed by atoms with Crippen molar-refractivity contribution in [1.29, 1.82) is 0 Å². The quantitative estimate of drug-likeness (QED) is 0.524. The van der Waals surface area contributed by atoms with Crippen molar-refractivity contribution < 1.29 is 9.59 Å². The van der Waals surface area contributed by atoms with E-state index in [9.17, 15) is 9.59 Å². The molecule has 0 radical (unpaired) electrons. The van der Waals surface area contributed by atoms with Crippen LogP contribution in [0, 0.1) is 0 Å². The molecule has 0 aliphatic rings. The minimum atomic E-state index is -0.398.